The van der Waals surface area contributed by atoms with E-state index >= 15 is 0 Å². The average Bonchev–Trinajstić information content (AvgIpc) is 3.12. The van der Waals surface area contributed by atoms with Crippen molar-refractivity contribution in [2.75, 3.05) is 31.1 Å². The molecule has 0 aliphatic rings. The lowest BCUT2D eigenvalue weighted by molar-refractivity contribution is 0.0983. The minimum Gasteiger partial charge on any atom is -0.302 e. The SMILES string of the molecule is CCN(CC)CCN(C(=O)c1cccc(C)c1)c1nc2c(C)c(C)ccc2s1. The molecule has 3 aromatic rings. The maximum Gasteiger partial charge on any atom is 0.260 e. The predicted octanol–water partition coefficient (Wildman–Crippen LogP) is 5.21. The largest absolute Gasteiger partial charge is 0.302 e. The number of rotatable bonds is 7. The van der Waals surface area contributed by atoms with Crippen molar-refractivity contribution in [1.82, 2.24) is 9.88 Å². The summed E-state index contributed by atoms with van der Waals surface area (Å²) in [6.07, 6.45) is 0. The first-order valence-electron chi connectivity index (χ1n) is 9.92. The maximum atomic E-state index is 13.4. The van der Waals surface area contributed by atoms with Crippen molar-refractivity contribution in [2.24, 2.45) is 0 Å². The standard InChI is InChI=1S/C23H29N3OS/c1-6-25(7-2)13-14-26(22(27)19-10-8-9-16(3)15-19)23-24-21-18(5)17(4)11-12-20(21)28-23/h8-12,15H,6-7,13-14H2,1-5H3. The van der Waals surface area contributed by atoms with Gasteiger partial charge in [-0.2, -0.15) is 0 Å². The number of carbonyl (C=O) groups is 1. The number of hydrogen-bond acceptors (Lipinski definition) is 4. The number of thiazole rings is 1. The molecule has 2 aromatic carbocycles. The van der Waals surface area contributed by atoms with Crippen LogP contribution in [0.1, 0.15) is 40.9 Å². The van der Waals surface area contributed by atoms with Crippen LogP contribution in [0.3, 0.4) is 0 Å². The molecule has 0 N–H and O–H groups in total. The molecule has 3 rings (SSSR count). The zero-order valence-electron chi connectivity index (χ0n) is 17.5. The van der Waals surface area contributed by atoms with Crippen LogP contribution in [0.4, 0.5) is 5.13 Å². The lowest BCUT2D eigenvalue weighted by Gasteiger charge is -2.24. The summed E-state index contributed by atoms with van der Waals surface area (Å²) in [5, 5.41) is 0.780. The van der Waals surface area contributed by atoms with Gasteiger partial charge in [-0.25, -0.2) is 4.98 Å². The van der Waals surface area contributed by atoms with E-state index in [1.807, 2.05) is 36.1 Å². The highest BCUT2D eigenvalue weighted by Gasteiger charge is 2.22. The normalized spacial score (nSPS) is 11.4. The maximum absolute atomic E-state index is 13.4. The number of likely N-dealkylation sites (N-methyl/N-ethyl adjacent to an activating group) is 1. The summed E-state index contributed by atoms with van der Waals surface area (Å²) in [6, 6.07) is 12.0. The third-order valence-corrected chi connectivity index (χ3v) is 6.39. The van der Waals surface area contributed by atoms with E-state index in [0.717, 1.165) is 40.5 Å². The topological polar surface area (TPSA) is 36.4 Å². The van der Waals surface area contributed by atoms with Crippen molar-refractivity contribution >= 4 is 32.6 Å². The quantitative estimate of drug-likeness (QED) is 0.551. The van der Waals surface area contributed by atoms with Crippen molar-refractivity contribution in [1.29, 1.82) is 0 Å². The van der Waals surface area contributed by atoms with E-state index in [1.54, 1.807) is 11.3 Å². The van der Waals surface area contributed by atoms with Gasteiger partial charge in [-0.05, 0) is 63.2 Å². The van der Waals surface area contributed by atoms with Gasteiger partial charge in [0.1, 0.15) is 0 Å². The van der Waals surface area contributed by atoms with Gasteiger partial charge in [0.15, 0.2) is 5.13 Å². The third-order valence-electron chi connectivity index (χ3n) is 5.35. The second-order valence-electron chi connectivity index (χ2n) is 7.20. The molecule has 0 radical (unpaired) electrons. The summed E-state index contributed by atoms with van der Waals surface area (Å²) in [5.74, 6) is 0.0179. The highest BCUT2D eigenvalue weighted by Crippen LogP contribution is 2.32. The van der Waals surface area contributed by atoms with Crippen LogP contribution in [-0.2, 0) is 0 Å². The molecular weight excluding hydrogens is 366 g/mol. The molecule has 148 valence electrons. The fourth-order valence-electron chi connectivity index (χ4n) is 3.33. The molecule has 0 fully saturated rings. The first-order chi connectivity index (χ1) is 13.4. The molecule has 4 nitrogen and oxygen atoms in total. The molecule has 1 heterocycles. The monoisotopic (exact) mass is 395 g/mol. The summed E-state index contributed by atoms with van der Waals surface area (Å²) in [7, 11) is 0. The molecule has 0 aliphatic heterocycles. The number of benzene rings is 2. The summed E-state index contributed by atoms with van der Waals surface area (Å²) < 4.78 is 1.13. The number of aromatic nitrogens is 1. The molecule has 28 heavy (non-hydrogen) atoms. The van der Waals surface area contributed by atoms with Crippen LogP contribution in [0.15, 0.2) is 36.4 Å². The molecule has 1 aromatic heterocycles. The minimum atomic E-state index is 0.0179. The Morgan fingerprint density at radius 3 is 2.46 bits per heavy atom. The van der Waals surface area contributed by atoms with E-state index in [4.69, 9.17) is 4.98 Å². The number of fused-ring (bicyclic) bond motifs is 1. The van der Waals surface area contributed by atoms with Crippen LogP contribution < -0.4 is 4.90 Å². The van der Waals surface area contributed by atoms with Crippen molar-refractivity contribution in [3.8, 4) is 0 Å². The van der Waals surface area contributed by atoms with Crippen LogP contribution in [0.25, 0.3) is 10.2 Å². The van der Waals surface area contributed by atoms with Crippen LogP contribution in [-0.4, -0.2) is 42.0 Å². The Labute approximate surface area is 171 Å². The predicted molar refractivity (Wildman–Crippen MR) is 120 cm³/mol. The van der Waals surface area contributed by atoms with E-state index in [2.05, 4.69) is 44.7 Å². The Bertz CT molecular complexity index is 975. The lowest BCUT2D eigenvalue weighted by Crippen LogP contribution is -2.38. The zero-order chi connectivity index (χ0) is 20.3. The van der Waals surface area contributed by atoms with Gasteiger partial charge < -0.3 is 4.90 Å². The van der Waals surface area contributed by atoms with Gasteiger partial charge in [0.05, 0.1) is 10.2 Å². The van der Waals surface area contributed by atoms with Crippen LogP contribution >= 0.6 is 11.3 Å². The zero-order valence-corrected chi connectivity index (χ0v) is 18.3. The third kappa shape index (κ3) is 4.26. The molecule has 0 aliphatic carbocycles. The van der Waals surface area contributed by atoms with Gasteiger partial charge in [0.25, 0.3) is 5.91 Å². The number of hydrogen-bond donors (Lipinski definition) is 0. The molecule has 0 atom stereocenters. The average molecular weight is 396 g/mol. The Kier molecular flexibility index (Phi) is 6.47. The van der Waals surface area contributed by atoms with Crippen molar-refractivity contribution < 1.29 is 4.79 Å². The summed E-state index contributed by atoms with van der Waals surface area (Å²) in [4.78, 5) is 22.5. The van der Waals surface area contributed by atoms with Crippen molar-refractivity contribution in [3.63, 3.8) is 0 Å². The van der Waals surface area contributed by atoms with E-state index in [9.17, 15) is 4.79 Å². The van der Waals surface area contributed by atoms with E-state index in [-0.39, 0.29) is 5.91 Å². The summed E-state index contributed by atoms with van der Waals surface area (Å²) in [6.45, 7) is 13.9. The number of nitrogens with zero attached hydrogens (tertiary/aromatic N) is 3. The first-order valence-corrected chi connectivity index (χ1v) is 10.7. The molecule has 0 bridgehead atoms. The first kappa shape index (κ1) is 20.5. The smallest absolute Gasteiger partial charge is 0.260 e. The van der Waals surface area contributed by atoms with Gasteiger partial charge in [-0.3, -0.25) is 9.69 Å². The minimum absolute atomic E-state index is 0.0179. The number of carbonyl (C=O) groups excluding carboxylic acids is 1. The van der Waals surface area contributed by atoms with Crippen LogP contribution in [0, 0.1) is 20.8 Å². The number of anilines is 1. The van der Waals surface area contributed by atoms with E-state index in [0.29, 0.717) is 12.1 Å². The van der Waals surface area contributed by atoms with Gasteiger partial charge >= 0.3 is 0 Å². The molecule has 0 saturated heterocycles. The number of aryl methyl sites for hydroxylation is 3. The highest BCUT2D eigenvalue weighted by molar-refractivity contribution is 7.22. The fraction of sp³-hybridized carbons (Fsp3) is 0.391. The van der Waals surface area contributed by atoms with Gasteiger partial charge in [-0.1, -0.05) is 48.9 Å². The van der Waals surface area contributed by atoms with Gasteiger partial charge in [0.2, 0.25) is 0 Å². The Morgan fingerprint density at radius 2 is 1.79 bits per heavy atom. The Morgan fingerprint density at radius 1 is 1.04 bits per heavy atom. The van der Waals surface area contributed by atoms with Crippen molar-refractivity contribution in [2.45, 2.75) is 34.6 Å². The molecule has 0 spiro atoms. The highest BCUT2D eigenvalue weighted by atomic mass is 32.1. The Balaban J connectivity index is 2.00. The molecule has 5 heteroatoms. The molecule has 1 amide bonds. The van der Waals surface area contributed by atoms with Crippen LogP contribution in [0.2, 0.25) is 0 Å². The van der Waals surface area contributed by atoms with Gasteiger partial charge in [0, 0.05) is 18.7 Å². The Hall–Kier alpha value is -2.24. The number of amides is 1. The van der Waals surface area contributed by atoms with E-state index < -0.39 is 0 Å². The second-order valence-corrected chi connectivity index (χ2v) is 8.21. The molecule has 0 saturated carbocycles. The molecular formula is C23H29N3OS. The summed E-state index contributed by atoms with van der Waals surface area (Å²) in [5.41, 5.74) is 5.22. The molecule has 0 unspecified atom stereocenters. The second kappa shape index (κ2) is 8.84. The fourth-order valence-corrected chi connectivity index (χ4v) is 4.38. The lowest BCUT2D eigenvalue weighted by atomic mass is 10.1. The van der Waals surface area contributed by atoms with E-state index in [1.165, 1.54) is 11.1 Å². The summed E-state index contributed by atoms with van der Waals surface area (Å²) >= 11 is 1.60. The van der Waals surface area contributed by atoms with Gasteiger partial charge in [-0.15, -0.1) is 0 Å². The van der Waals surface area contributed by atoms with Crippen LogP contribution in [0.5, 0.6) is 0 Å². The van der Waals surface area contributed by atoms with Crippen molar-refractivity contribution in [3.05, 3.63) is 58.7 Å².